The zero-order valence-corrected chi connectivity index (χ0v) is 14.5. The largest absolute Gasteiger partial charge is 0.352 e. The van der Waals surface area contributed by atoms with Crippen LogP contribution in [0.5, 0.6) is 0 Å². The third-order valence-electron chi connectivity index (χ3n) is 4.19. The number of benzene rings is 2. The Morgan fingerprint density at radius 1 is 1.08 bits per heavy atom. The lowest BCUT2D eigenvalue weighted by molar-refractivity contribution is -0.121. The van der Waals surface area contributed by atoms with Gasteiger partial charge < -0.3 is 9.88 Å². The summed E-state index contributed by atoms with van der Waals surface area (Å²) in [5, 5.41) is 2.90. The molecule has 0 saturated heterocycles. The van der Waals surface area contributed by atoms with E-state index < -0.39 is 0 Å². The van der Waals surface area contributed by atoms with E-state index in [9.17, 15) is 9.59 Å². The molecule has 5 nitrogen and oxygen atoms in total. The smallest absolute Gasteiger partial charge is 0.272 e. The van der Waals surface area contributed by atoms with Gasteiger partial charge in [-0.3, -0.25) is 9.59 Å². The quantitative estimate of drug-likeness (QED) is 0.780. The SMILES string of the molecule is Cc1ccc(CNC(=O)CCn2c(=O)c(C)nc3ccccc32)cc1. The van der Waals surface area contributed by atoms with E-state index in [1.54, 1.807) is 11.5 Å². The number of nitrogens with zero attached hydrogens (tertiary/aromatic N) is 2. The second-order valence-corrected chi connectivity index (χ2v) is 6.16. The van der Waals surface area contributed by atoms with Crippen LogP contribution in [0.25, 0.3) is 11.0 Å². The maximum Gasteiger partial charge on any atom is 0.272 e. The van der Waals surface area contributed by atoms with Crippen molar-refractivity contribution in [3.05, 3.63) is 75.7 Å². The molecule has 0 aliphatic rings. The van der Waals surface area contributed by atoms with E-state index in [-0.39, 0.29) is 17.9 Å². The monoisotopic (exact) mass is 335 g/mol. The van der Waals surface area contributed by atoms with Gasteiger partial charge in [0.2, 0.25) is 5.91 Å². The van der Waals surface area contributed by atoms with E-state index in [2.05, 4.69) is 10.3 Å². The zero-order valence-electron chi connectivity index (χ0n) is 14.5. The molecule has 0 aliphatic heterocycles. The molecule has 1 aromatic heterocycles. The third kappa shape index (κ3) is 3.94. The Morgan fingerprint density at radius 2 is 1.80 bits per heavy atom. The molecule has 0 spiro atoms. The van der Waals surface area contributed by atoms with Crippen molar-refractivity contribution in [3.63, 3.8) is 0 Å². The summed E-state index contributed by atoms with van der Waals surface area (Å²) >= 11 is 0. The van der Waals surface area contributed by atoms with E-state index in [0.717, 1.165) is 16.6 Å². The van der Waals surface area contributed by atoms with Crippen molar-refractivity contribution in [1.29, 1.82) is 0 Å². The third-order valence-corrected chi connectivity index (χ3v) is 4.19. The number of fused-ring (bicyclic) bond motifs is 1. The Hall–Kier alpha value is -2.95. The zero-order chi connectivity index (χ0) is 17.8. The normalized spacial score (nSPS) is 10.8. The predicted molar refractivity (Wildman–Crippen MR) is 98.4 cm³/mol. The average molecular weight is 335 g/mol. The Kier molecular flexibility index (Phi) is 4.93. The first kappa shape index (κ1) is 16.9. The molecule has 3 rings (SSSR count). The van der Waals surface area contributed by atoms with E-state index in [1.807, 2.05) is 55.5 Å². The number of carbonyl (C=O) groups is 1. The Balaban J connectivity index is 1.68. The Labute approximate surface area is 146 Å². The minimum absolute atomic E-state index is 0.0778. The first-order valence-electron chi connectivity index (χ1n) is 8.33. The number of amides is 1. The maximum absolute atomic E-state index is 12.4. The molecule has 128 valence electrons. The van der Waals surface area contributed by atoms with Crippen LogP contribution in [0.3, 0.4) is 0 Å². The van der Waals surface area contributed by atoms with Gasteiger partial charge in [-0.2, -0.15) is 0 Å². The molecule has 1 amide bonds. The molecule has 0 atom stereocenters. The van der Waals surface area contributed by atoms with E-state index >= 15 is 0 Å². The van der Waals surface area contributed by atoms with Gasteiger partial charge in [-0.25, -0.2) is 4.98 Å². The topological polar surface area (TPSA) is 64.0 Å². The molecule has 0 aliphatic carbocycles. The van der Waals surface area contributed by atoms with Crippen molar-refractivity contribution in [2.24, 2.45) is 0 Å². The number of aryl methyl sites for hydroxylation is 3. The van der Waals surface area contributed by atoms with Gasteiger partial charge in [0.25, 0.3) is 5.56 Å². The molecule has 5 heteroatoms. The fourth-order valence-electron chi connectivity index (χ4n) is 2.75. The van der Waals surface area contributed by atoms with Crippen LogP contribution in [0.4, 0.5) is 0 Å². The summed E-state index contributed by atoms with van der Waals surface area (Å²) in [7, 11) is 0. The molecule has 1 heterocycles. The number of hydrogen-bond donors (Lipinski definition) is 1. The van der Waals surface area contributed by atoms with Crippen LogP contribution in [-0.2, 0) is 17.9 Å². The summed E-state index contributed by atoms with van der Waals surface area (Å²) in [5.41, 5.74) is 4.06. The van der Waals surface area contributed by atoms with Crippen molar-refractivity contribution in [3.8, 4) is 0 Å². The summed E-state index contributed by atoms with van der Waals surface area (Å²) in [6, 6.07) is 15.5. The molecule has 0 saturated carbocycles. The molecule has 3 aromatic rings. The molecule has 2 aromatic carbocycles. The molecule has 1 N–H and O–H groups in total. The van der Waals surface area contributed by atoms with Crippen molar-refractivity contribution in [2.75, 3.05) is 0 Å². The van der Waals surface area contributed by atoms with E-state index in [0.29, 0.717) is 18.8 Å². The maximum atomic E-state index is 12.4. The summed E-state index contributed by atoms with van der Waals surface area (Å²) in [6.45, 7) is 4.55. The standard InChI is InChI=1S/C20H21N3O2/c1-14-7-9-16(10-8-14)13-21-19(24)11-12-23-18-6-4-3-5-17(18)22-15(2)20(23)25/h3-10H,11-13H2,1-2H3,(H,21,24). The van der Waals surface area contributed by atoms with Gasteiger partial charge in [0.05, 0.1) is 11.0 Å². The summed E-state index contributed by atoms with van der Waals surface area (Å²) in [6.07, 6.45) is 0.249. The first-order chi connectivity index (χ1) is 12.0. The van der Waals surface area contributed by atoms with Gasteiger partial charge >= 0.3 is 0 Å². The van der Waals surface area contributed by atoms with Gasteiger partial charge in [0, 0.05) is 19.5 Å². The molecule has 0 unspecified atom stereocenters. The second kappa shape index (κ2) is 7.30. The molecular weight excluding hydrogens is 314 g/mol. The van der Waals surface area contributed by atoms with Crippen molar-refractivity contribution in [2.45, 2.75) is 33.4 Å². The molecule has 25 heavy (non-hydrogen) atoms. The highest BCUT2D eigenvalue weighted by atomic mass is 16.1. The molecular formula is C20H21N3O2. The average Bonchev–Trinajstić information content (AvgIpc) is 2.61. The number of hydrogen-bond acceptors (Lipinski definition) is 3. The lowest BCUT2D eigenvalue weighted by atomic mass is 10.1. The number of nitrogens with one attached hydrogen (secondary N) is 1. The highest BCUT2D eigenvalue weighted by Crippen LogP contribution is 2.10. The van der Waals surface area contributed by atoms with Gasteiger partial charge in [0.1, 0.15) is 5.69 Å². The first-order valence-corrected chi connectivity index (χ1v) is 8.33. The lowest BCUT2D eigenvalue weighted by Gasteiger charge is -2.11. The molecule has 0 radical (unpaired) electrons. The van der Waals surface area contributed by atoms with Crippen LogP contribution in [0, 0.1) is 13.8 Å². The van der Waals surface area contributed by atoms with Crippen LogP contribution >= 0.6 is 0 Å². The molecule has 0 bridgehead atoms. The fourth-order valence-corrected chi connectivity index (χ4v) is 2.75. The fraction of sp³-hybridized carbons (Fsp3) is 0.250. The number of rotatable bonds is 5. The number of carbonyl (C=O) groups excluding carboxylic acids is 1. The number of para-hydroxylation sites is 2. The number of aromatic nitrogens is 2. The van der Waals surface area contributed by atoms with Gasteiger partial charge in [-0.05, 0) is 31.5 Å². The summed E-state index contributed by atoms with van der Waals surface area (Å²) in [5.74, 6) is -0.0778. The highest BCUT2D eigenvalue weighted by Gasteiger charge is 2.09. The summed E-state index contributed by atoms with van der Waals surface area (Å²) < 4.78 is 1.63. The highest BCUT2D eigenvalue weighted by molar-refractivity contribution is 5.77. The van der Waals surface area contributed by atoms with Gasteiger partial charge in [0.15, 0.2) is 0 Å². The Bertz CT molecular complexity index is 959. The molecule has 0 fully saturated rings. The van der Waals surface area contributed by atoms with E-state index in [1.165, 1.54) is 5.56 Å². The predicted octanol–water partition coefficient (Wildman–Crippen LogP) is 2.72. The van der Waals surface area contributed by atoms with Crippen LogP contribution in [0.1, 0.15) is 23.2 Å². The van der Waals surface area contributed by atoms with E-state index in [4.69, 9.17) is 0 Å². The second-order valence-electron chi connectivity index (χ2n) is 6.16. The minimum atomic E-state index is -0.148. The van der Waals surface area contributed by atoms with Gasteiger partial charge in [-0.15, -0.1) is 0 Å². The Morgan fingerprint density at radius 3 is 2.56 bits per heavy atom. The van der Waals surface area contributed by atoms with Gasteiger partial charge in [-0.1, -0.05) is 42.0 Å². The van der Waals surface area contributed by atoms with Crippen molar-refractivity contribution < 1.29 is 4.79 Å². The van der Waals surface area contributed by atoms with Crippen LogP contribution in [0.15, 0.2) is 53.3 Å². The lowest BCUT2D eigenvalue weighted by Crippen LogP contribution is -2.28. The van der Waals surface area contributed by atoms with Crippen LogP contribution < -0.4 is 10.9 Å². The summed E-state index contributed by atoms with van der Waals surface area (Å²) in [4.78, 5) is 28.8. The van der Waals surface area contributed by atoms with Crippen molar-refractivity contribution >= 4 is 16.9 Å². The minimum Gasteiger partial charge on any atom is -0.352 e. The van der Waals surface area contributed by atoms with Crippen molar-refractivity contribution in [1.82, 2.24) is 14.9 Å². The van der Waals surface area contributed by atoms with Crippen LogP contribution in [0.2, 0.25) is 0 Å². The van der Waals surface area contributed by atoms with Crippen LogP contribution in [-0.4, -0.2) is 15.5 Å².